The van der Waals surface area contributed by atoms with E-state index in [9.17, 15) is 4.79 Å². The number of hydrogen-bond acceptors (Lipinski definition) is 3. The Morgan fingerprint density at radius 2 is 2.17 bits per heavy atom. The minimum absolute atomic E-state index is 0.0881. The highest BCUT2D eigenvalue weighted by atomic mass is 16.2. The fourth-order valence-electron chi connectivity index (χ4n) is 2.51. The number of likely N-dealkylation sites (N-methyl/N-ethyl adjacent to an activating group) is 1. The number of rotatable bonds is 1. The number of carbonyl (C=O) groups excluding carboxylic acids is 1. The molecule has 1 aliphatic heterocycles. The van der Waals surface area contributed by atoms with Gasteiger partial charge in [0.15, 0.2) is 0 Å². The minimum atomic E-state index is 0.0881. The molecule has 1 fully saturated rings. The Morgan fingerprint density at radius 3 is 2.89 bits per heavy atom. The second kappa shape index (κ2) is 5.40. The zero-order valence-corrected chi connectivity index (χ0v) is 11.1. The van der Waals surface area contributed by atoms with Crippen molar-refractivity contribution in [2.75, 3.05) is 32.4 Å². The number of nitrogens with two attached hydrogens (primary N) is 1. The number of hydrogen-bond donors (Lipinski definition) is 1. The lowest BCUT2D eigenvalue weighted by molar-refractivity contribution is 0.0696. The summed E-state index contributed by atoms with van der Waals surface area (Å²) in [5, 5.41) is 0. The smallest absolute Gasteiger partial charge is 0.254 e. The van der Waals surface area contributed by atoms with E-state index in [-0.39, 0.29) is 11.9 Å². The third-order valence-corrected chi connectivity index (χ3v) is 3.44. The molecule has 4 heteroatoms. The van der Waals surface area contributed by atoms with Crippen molar-refractivity contribution >= 4 is 11.6 Å². The number of nitrogens with zero attached hydrogens (tertiary/aromatic N) is 2. The second-order valence-electron chi connectivity index (χ2n) is 5.09. The van der Waals surface area contributed by atoms with Crippen LogP contribution < -0.4 is 5.73 Å². The molecule has 1 atom stereocenters. The van der Waals surface area contributed by atoms with Crippen LogP contribution in [0.5, 0.6) is 0 Å². The van der Waals surface area contributed by atoms with Crippen LogP contribution in [0.4, 0.5) is 5.69 Å². The number of amides is 1. The summed E-state index contributed by atoms with van der Waals surface area (Å²) in [7, 11) is 2.10. The summed E-state index contributed by atoms with van der Waals surface area (Å²) in [4.78, 5) is 16.7. The van der Waals surface area contributed by atoms with Crippen molar-refractivity contribution in [3.05, 3.63) is 29.8 Å². The Hall–Kier alpha value is -1.55. The van der Waals surface area contributed by atoms with Crippen LogP contribution in [0.3, 0.4) is 0 Å². The molecule has 1 aromatic rings. The van der Waals surface area contributed by atoms with Crippen LogP contribution in [0.1, 0.15) is 23.7 Å². The summed E-state index contributed by atoms with van der Waals surface area (Å²) >= 11 is 0. The van der Waals surface area contributed by atoms with E-state index in [4.69, 9.17) is 5.73 Å². The molecule has 1 unspecified atom stereocenters. The van der Waals surface area contributed by atoms with Gasteiger partial charge in [0.25, 0.3) is 5.91 Å². The summed E-state index contributed by atoms with van der Waals surface area (Å²) < 4.78 is 0. The van der Waals surface area contributed by atoms with Gasteiger partial charge in [0.1, 0.15) is 0 Å². The number of nitrogen functional groups attached to an aromatic ring is 1. The van der Waals surface area contributed by atoms with Gasteiger partial charge in [-0.2, -0.15) is 0 Å². The molecule has 0 radical (unpaired) electrons. The van der Waals surface area contributed by atoms with Crippen molar-refractivity contribution in [1.82, 2.24) is 9.80 Å². The largest absolute Gasteiger partial charge is 0.399 e. The summed E-state index contributed by atoms with van der Waals surface area (Å²) in [5.74, 6) is 0.0881. The molecule has 0 bridgehead atoms. The zero-order valence-electron chi connectivity index (χ0n) is 11.1. The molecule has 1 aliphatic rings. The van der Waals surface area contributed by atoms with Crippen LogP contribution in [0.25, 0.3) is 0 Å². The van der Waals surface area contributed by atoms with E-state index in [1.165, 1.54) is 0 Å². The SMILES string of the molecule is CC1CN(C)CCCN1C(=O)c1cccc(N)c1. The van der Waals surface area contributed by atoms with Gasteiger partial charge in [0.05, 0.1) is 0 Å². The Bertz CT molecular complexity index is 433. The first-order chi connectivity index (χ1) is 8.58. The standard InChI is InChI=1S/C14H21N3O/c1-11-10-16(2)7-4-8-17(11)14(18)12-5-3-6-13(15)9-12/h3,5-6,9,11H,4,7-8,10,15H2,1-2H3. The van der Waals surface area contributed by atoms with Gasteiger partial charge >= 0.3 is 0 Å². The molecule has 2 N–H and O–H groups in total. The zero-order chi connectivity index (χ0) is 13.1. The Kier molecular flexibility index (Phi) is 3.87. The third kappa shape index (κ3) is 2.82. The fourth-order valence-corrected chi connectivity index (χ4v) is 2.51. The number of anilines is 1. The van der Waals surface area contributed by atoms with Crippen molar-refractivity contribution in [3.63, 3.8) is 0 Å². The first-order valence-electron chi connectivity index (χ1n) is 6.43. The van der Waals surface area contributed by atoms with Gasteiger partial charge < -0.3 is 15.5 Å². The molecule has 1 heterocycles. The van der Waals surface area contributed by atoms with Gasteiger partial charge in [-0.15, -0.1) is 0 Å². The van der Waals surface area contributed by atoms with Crippen molar-refractivity contribution in [3.8, 4) is 0 Å². The second-order valence-corrected chi connectivity index (χ2v) is 5.09. The lowest BCUT2D eigenvalue weighted by Crippen LogP contribution is -2.42. The predicted molar refractivity (Wildman–Crippen MR) is 73.5 cm³/mol. The highest BCUT2D eigenvalue weighted by Crippen LogP contribution is 2.15. The fraction of sp³-hybridized carbons (Fsp3) is 0.500. The van der Waals surface area contributed by atoms with Gasteiger partial charge in [-0.3, -0.25) is 4.79 Å². The van der Waals surface area contributed by atoms with Crippen LogP contribution in [0, 0.1) is 0 Å². The number of benzene rings is 1. The maximum atomic E-state index is 12.5. The molecule has 0 aromatic heterocycles. The van der Waals surface area contributed by atoms with Crippen LogP contribution in [0.2, 0.25) is 0 Å². The summed E-state index contributed by atoms with van der Waals surface area (Å²) in [6, 6.07) is 7.46. The molecular formula is C14H21N3O. The van der Waals surface area contributed by atoms with Crippen LogP contribution in [-0.4, -0.2) is 48.4 Å². The molecule has 1 amide bonds. The molecule has 0 aliphatic carbocycles. The van der Waals surface area contributed by atoms with Crippen LogP contribution in [0.15, 0.2) is 24.3 Å². The lowest BCUT2D eigenvalue weighted by atomic mass is 10.1. The van der Waals surface area contributed by atoms with E-state index in [2.05, 4.69) is 18.9 Å². The van der Waals surface area contributed by atoms with Crippen LogP contribution in [-0.2, 0) is 0 Å². The predicted octanol–water partition coefficient (Wildman–Crippen LogP) is 1.43. The quantitative estimate of drug-likeness (QED) is 0.764. The molecule has 1 saturated heterocycles. The normalized spacial score (nSPS) is 21.7. The lowest BCUT2D eigenvalue weighted by Gasteiger charge is -2.28. The van der Waals surface area contributed by atoms with Gasteiger partial charge in [0, 0.05) is 30.4 Å². The molecule has 1 aromatic carbocycles. The van der Waals surface area contributed by atoms with Gasteiger partial charge in [0.2, 0.25) is 0 Å². The van der Waals surface area contributed by atoms with Gasteiger partial charge in [-0.25, -0.2) is 0 Å². The van der Waals surface area contributed by atoms with E-state index in [0.717, 1.165) is 26.1 Å². The monoisotopic (exact) mass is 247 g/mol. The topological polar surface area (TPSA) is 49.6 Å². The van der Waals surface area contributed by atoms with E-state index in [0.29, 0.717) is 11.3 Å². The molecule has 0 spiro atoms. The first kappa shape index (κ1) is 12.9. The third-order valence-electron chi connectivity index (χ3n) is 3.44. The van der Waals surface area contributed by atoms with Gasteiger partial charge in [-0.05, 0) is 45.1 Å². The average Bonchev–Trinajstić information content (AvgIpc) is 2.49. The number of carbonyl (C=O) groups is 1. The molecule has 98 valence electrons. The Labute approximate surface area is 108 Å². The maximum Gasteiger partial charge on any atom is 0.254 e. The summed E-state index contributed by atoms with van der Waals surface area (Å²) in [5.41, 5.74) is 7.06. The van der Waals surface area contributed by atoms with Crippen LogP contribution >= 0.6 is 0 Å². The molecule has 4 nitrogen and oxygen atoms in total. The Morgan fingerprint density at radius 1 is 1.39 bits per heavy atom. The molecule has 2 rings (SSSR count). The molecule has 18 heavy (non-hydrogen) atoms. The van der Waals surface area contributed by atoms with E-state index < -0.39 is 0 Å². The molecular weight excluding hydrogens is 226 g/mol. The highest BCUT2D eigenvalue weighted by Gasteiger charge is 2.24. The minimum Gasteiger partial charge on any atom is -0.399 e. The van der Waals surface area contributed by atoms with Crippen molar-refractivity contribution in [2.45, 2.75) is 19.4 Å². The van der Waals surface area contributed by atoms with E-state index in [1.807, 2.05) is 17.0 Å². The van der Waals surface area contributed by atoms with E-state index in [1.54, 1.807) is 12.1 Å². The van der Waals surface area contributed by atoms with Crippen molar-refractivity contribution in [1.29, 1.82) is 0 Å². The Balaban J connectivity index is 2.17. The summed E-state index contributed by atoms with van der Waals surface area (Å²) in [6.07, 6.45) is 1.02. The average molecular weight is 247 g/mol. The van der Waals surface area contributed by atoms with Crippen molar-refractivity contribution < 1.29 is 4.79 Å². The maximum absolute atomic E-state index is 12.5. The van der Waals surface area contributed by atoms with E-state index >= 15 is 0 Å². The molecule has 0 saturated carbocycles. The summed E-state index contributed by atoms with van der Waals surface area (Å²) in [6.45, 7) is 4.89. The highest BCUT2D eigenvalue weighted by molar-refractivity contribution is 5.95. The first-order valence-corrected chi connectivity index (χ1v) is 6.43. The van der Waals surface area contributed by atoms with Gasteiger partial charge in [-0.1, -0.05) is 6.07 Å². The van der Waals surface area contributed by atoms with Crippen molar-refractivity contribution in [2.24, 2.45) is 0 Å².